The number of halogens is 1. The molecule has 2 fully saturated rings. The number of nitrogens with zero attached hydrogens (tertiary/aromatic N) is 2. The van der Waals surface area contributed by atoms with Gasteiger partial charge in [0, 0.05) is 42.8 Å². The van der Waals surface area contributed by atoms with Crippen LogP contribution in [0.2, 0.25) is 5.02 Å². The lowest BCUT2D eigenvalue weighted by atomic mass is 10.0. The molecule has 2 aliphatic heterocycles. The van der Waals surface area contributed by atoms with Gasteiger partial charge in [-0.3, -0.25) is 15.4 Å². The van der Waals surface area contributed by atoms with Gasteiger partial charge in [-0.25, -0.2) is 4.79 Å². The lowest BCUT2D eigenvalue weighted by Crippen LogP contribution is -2.47. The third kappa shape index (κ3) is 5.95. The van der Waals surface area contributed by atoms with E-state index in [1.54, 1.807) is 40.1 Å². The average molecular weight is 501 g/mol. The van der Waals surface area contributed by atoms with Gasteiger partial charge in [0.15, 0.2) is 0 Å². The molecule has 0 radical (unpaired) electrons. The Labute approximate surface area is 208 Å². The summed E-state index contributed by atoms with van der Waals surface area (Å²) in [7, 11) is 0. The number of nitrogens with two attached hydrogens (primary N) is 2. The Kier molecular flexibility index (Phi) is 7.62. The molecule has 0 bridgehead atoms. The highest BCUT2D eigenvalue weighted by Gasteiger charge is 2.39. The summed E-state index contributed by atoms with van der Waals surface area (Å²) in [5.74, 6) is 4.66. The van der Waals surface area contributed by atoms with Crippen LogP contribution in [-0.2, 0) is 20.9 Å². The van der Waals surface area contributed by atoms with Crippen LogP contribution in [0.4, 0.5) is 21.9 Å². The molecule has 3 amide bonds. The van der Waals surface area contributed by atoms with E-state index >= 15 is 0 Å². The molecule has 35 heavy (non-hydrogen) atoms. The van der Waals surface area contributed by atoms with Gasteiger partial charge >= 0.3 is 6.09 Å². The number of piperidine rings is 1. The number of hydrogen-bond acceptors (Lipinski definition) is 7. The van der Waals surface area contributed by atoms with Gasteiger partial charge in [-0.05, 0) is 48.7 Å². The second-order valence-corrected chi connectivity index (χ2v) is 9.22. The van der Waals surface area contributed by atoms with Gasteiger partial charge in [0.25, 0.3) is 0 Å². The van der Waals surface area contributed by atoms with E-state index in [0.717, 1.165) is 5.56 Å². The molecule has 0 spiro atoms. The van der Waals surface area contributed by atoms with E-state index in [-0.39, 0.29) is 37.0 Å². The van der Waals surface area contributed by atoms with Gasteiger partial charge in [0.2, 0.25) is 11.8 Å². The fourth-order valence-corrected chi connectivity index (χ4v) is 4.58. The molecule has 2 aromatic carbocycles. The predicted molar refractivity (Wildman–Crippen MR) is 133 cm³/mol. The fourth-order valence-electron chi connectivity index (χ4n) is 4.45. The Bertz CT molecular complexity index is 1090. The van der Waals surface area contributed by atoms with Crippen molar-refractivity contribution in [3.8, 4) is 0 Å². The topological polar surface area (TPSA) is 143 Å². The largest absolute Gasteiger partial charge is 0.445 e. The van der Waals surface area contributed by atoms with Crippen molar-refractivity contribution in [1.29, 1.82) is 0 Å². The quantitative estimate of drug-likeness (QED) is 0.271. The monoisotopic (exact) mass is 500 g/mol. The van der Waals surface area contributed by atoms with Crippen molar-refractivity contribution >= 4 is 46.6 Å². The normalized spacial score (nSPS) is 18.5. The van der Waals surface area contributed by atoms with Crippen molar-refractivity contribution in [3.05, 3.63) is 53.1 Å². The maximum atomic E-state index is 12.8. The van der Waals surface area contributed by atoms with E-state index in [4.69, 9.17) is 27.9 Å². The van der Waals surface area contributed by atoms with Crippen LogP contribution in [0.15, 0.2) is 42.5 Å². The molecule has 1 atom stereocenters. The zero-order valence-electron chi connectivity index (χ0n) is 19.2. The number of nitrogen functional groups attached to an aromatic ring is 2. The Hall–Kier alpha value is -3.50. The van der Waals surface area contributed by atoms with Crippen LogP contribution in [0.3, 0.4) is 0 Å². The molecule has 10 nitrogen and oxygen atoms in total. The fraction of sp³-hybridized carbons (Fsp3) is 0.375. The number of benzene rings is 2. The Morgan fingerprint density at radius 2 is 1.83 bits per heavy atom. The summed E-state index contributed by atoms with van der Waals surface area (Å²) in [5, 5.41) is 3.46. The molecule has 186 valence electrons. The molecular weight excluding hydrogens is 472 g/mol. The van der Waals surface area contributed by atoms with E-state index in [2.05, 4.69) is 10.7 Å². The molecule has 2 aromatic rings. The summed E-state index contributed by atoms with van der Waals surface area (Å²) >= 11 is 5.88. The highest BCUT2D eigenvalue weighted by molar-refractivity contribution is 6.30. The van der Waals surface area contributed by atoms with Gasteiger partial charge in [0.1, 0.15) is 6.61 Å². The minimum atomic E-state index is -0.446. The van der Waals surface area contributed by atoms with Crippen molar-refractivity contribution in [2.24, 2.45) is 11.8 Å². The van der Waals surface area contributed by atoms with E-state index in [0.29, 0.717) is 54.6 Å². The first kappa shape index (κ1) is 24.6. The van der Waals surface area contributed by atoms with Crippen LogP contribution in [0.25, 0.3) is 0 Å². The highest BCUT2D eigenvalue weighted by Crippen LogP contribution is 2.28. The minimum absolute atomic E-state index is 0.00817. The number of nitrogens with one attached hydrogen (secondary N) is 2. The van der Waals surface area contributed by atoms with Crippen molar-refractivity contribution in [2.75, 3.05) is 36.1 Å². The number of anilines is 3. The van der Waals surface area contributed by atoms with Crippen molar-refractivity contribution in [3.63, 3.8) is 0 Å². The summed E-state index contributed by atoms with van der Waals surface area (Å²) in [4.78, 5) is 41.3. The van der Waals surface area contributed by atoms with Gasteiger partial charge < -0.3 is 31.0 Å². The molecule has 0 saturated carbocycles. The number of ether oxygens (including phenoxy) is 1. The number of carbonyl (C=O) groups excluding carboxylic acids is 3. The van der Waals surface area contributed by atoms with E-state index in [1.807, 2.05) is 12.1 Å². The Morgan fingerprint density at radius 3 is 2.49 bits per heavy atom. The van der Waals surface area contributed by atoms with Crippen LogP contribution in [0, 0.1) is 5.92 Å². The second-order valence-electron chi connectivity index (χ2n) is 8.78. The number of hydrogen-bond donors (Lipinski definition) is 4. The summed E-state index contributed by atoms with van der Waals surface area (Å²) in [6, 6.07) is 12.1. The first-order chi connectivity index (χ1) is 16.8. The van der Waals surface area contributed by atoms with Gasteiger partial charge in [-0.1, -0.05) is 23.7 Å². The molecule has 11 heteroatoms. The lowest BCUT2D eigenvalue weighted by molar-refractivity contribution is -0.130. The van der Waals surface area contributed by atoms with Crippen LogP contribution in [0.5, 0.6) is 0 Å². The summed E-state index contributed by atoms with van der Waals surface area (Å²) < 4.78 is 5.41. The molecule has 2 saturated heterocycles. The number of hydrazine groups is 1. The predicted octanol–water partition coefficient (Wildman–Crippen LogP) is 2.80. The minimum Gasteiger partial charge on any atom is -0.445 e. The highest BCUT2D eigenvalue weighted by atomic mass is 35.5. The molecular formula is C24H29ClN6O4. The molecule has 2 heterocycles. The van der Waals surface area contributed by atoms with Crippen molar-refractivity contribution in [1.82, 2.24) is 9.80 Å². The standard InChI is InChI=1S/C24H29ClN6O4/c25-17-3-1-15(2-4-17)14-35-24(34)30-9-7-19(8-10-30)31-13-16(11-22(31)32)23(33)28-18-5-6-21(29-27)20(26)12-18/h1-6,12,16,19,29H,7-11,13-14,26-27H2,(H,28,33). The molecule has 2 aliphatic rings. The van der Waals surface area contributed by atoms with E-state index in [9.17, 15) is 14.4 Å². The van der Waals surface area contributed by atoms with Gasteiger partial charge in [-0.15, -0.1) is 0 Å². The SMILES string of the molecule is NNc1ccc(NC(=O)C2CC(=O)N(C3CCN(C(=O)OCc4ccc(Cl)cc4)CC3)C2)cc1N. The van der Waals surface area contributed by atoms with Gasteiger partial charge in [0.05, 0.1) is 17.3 Å². The molecule has 0 aliphatic carbocycles. The van der Waals surface area contributed by atoms with Crippen LogP contribution in [-0.4, -0.2) is 53.4 Å². The Balaban J connectivity index is 1.25. The first-order valence-corrected chi connectivity index (χ1v) is 11.8. The second kappa shape index (κ2) is 10.8. The number of rotatable bonds is 6. The van der Waals surface area contributed by atoms with Crippen molar-refractivity contribution in [2.45, 2.75) is 31.9 Å². The zero-order chi connectivity index (χ0) is 24.9. The maximum absolute atomic E-state index is 12.8. The summed E-state index contributed by atoms with van der Waals surface area (Å²) in [6.45, 7) is 1.51. The first-order valence-electron chi connectivity index (χ1n) is 11.5. The maximum Gasteiger partial charge on any atom is 0.410 e. The van der Waals surface area contributed by atoms with E-state index in [1.165, 1.54) is 0 Å². The number of amides is 3. The third-order valence-corrected chi connectivity index (χ3v) is 6.69. The summed E-state index contributed by atoms with van der Waals surface area (Å²) in [6.07, 6.45) is 1.06. The van der Waals surface area contributed by atoms with Gasteiger partial charge in [-0.2, -0.15) is 0 Å². The number of likely N-dealkylation sites (tertiary alicyclic amines) is 2. The molecule has 4 rings (SSSR count). The molecule has 6 N–H and O–H groups in total. The lowest BCUT2D eigenvalue weighted by Gasteiger charge is -2.36. The summed E-state index contributed by atoms with van der Waals surface area (Å²) in [5.41, 5.74) is 10.7. The Morgan fingerprint density at radius 1 is 1.11 bits per heavy atom. The average Bonchev–Trinajstić information content (AvgIpc) is 3.25. The molecule has 0 aromatic heterocycles. The van der Waals surface area contributed by atoms with Crippen LogP contribution < -0.4 is 22.3 Å². The number of carbonyl (C=O) groups is 3. The third-order valence-electron chi connectivity index (χ3n) is 6.44. The zero-order valence-corrected chi connectivity index (χ0v) is 20.0. The van der Waals surface area contributed by atoms with E-state index < -0.39 is 5.92 Å². The van der Waals surface area contributed by atoms with Crippen LogP contribution >= 0.6 is 11.6 Å². The smallest absolute Gasteiger partial charge is 0.410 e. The van der Waals surface area contributed by atoms with Crippen LogP contribution in [0.1, 0.15) is 24.8 Å². The molecule has 1 unspecified atom stereocenters. The van der Waals surface area contributed by atoms with Crippen molar-refractivity contribution < 1.29 is 19.1 Å².